The average Bonchev–Trinajstić information content (AvgIpc) is 2.92. The standard InChI is InChI=1S/C14H14N2O3S/c1-8-7-9(4-5-10(8)15)13(17)16-12(14(18)19)11-3-2-6-20-11/h2-7,12H,15H2,1H3,(H,16,17)(H,18,19). The van der Waals surface area contributed by atoms with Crippen LogP contribution < -0.4 is 11.1 Å². The number of anilines is 1. The smallest absolute Gasteiger partial charge is 0.331 e. The zero-order valence-corrected chi connectivity index (χ0v) is 11.6. The van der Waals surface area contributed by atoms with Crippen molar-refractivity contribution in [3.05, 3.63) is 51.7 Å². The fraction of sp³-hybridized carbons (Fsp3) is 0.143. The normalized spacial score (nSPS) is 11.8. The summed E-state index contributed by atoms with van der Waals surface area (Å²) in [5.41, 5.74) is 7.45. The molecule has 0 bridgehead atoms. The van der Waals surface area contributed by atoms with Crippen molar-refractivity contribution in [1.29, 1.82) is 0 Å². The summed E-state index contributed by atoms with van der Waals surface area (Å²) in [6.07, 6.45) is 0. The van der Waals surface area contributed by atoms with E-state index in [1.807, 2.05) is 0 Å². The molecule has 1 heterocycles. The van der Waals surface area contributed by atoms with Crippen LogP contribution in [0.2, 0.25) is 0 Å². The first kappa shape index (κ1) is 14.1. The van der Waals surface area contributed by atoms with E-state index in [1.165, 1.54) is 11.3 Å². The number of hydrogen-bond donors (Lipinski definition) is 3. The maximum Gasteiger partial charge on any atom is 0.331 e. The second kappa shape index (κ2) is 5.75. The molecule has 104 valence electrons. The molecular formula is C14H14N2O3S. The minimum Gasteiger partial charge on any atom is -0.479 e. The van der Waals surface area contributed by atoms with Gasteiger partial charge in [-0.2, -0.15) is 0 Å². The highest BCUT2D eigenvalue weighted by Crippen LogP contribution is 2.20. The molecule has 0 saturated carbocycles. The van der Waals surface area contributed by atoms with Gasteiger partial charge in [-0.25, -0.2) is 4.79 Å². The van der Waals surface area contributed by atoms with Crippen molar-refractivity contribution in [3.8, 4) is 0 Å². The van der Waals surface area contributed by atoms with Gasteiger partial charge < -0.3 is 16.2 Å². The van der Waals surface area contributed by atoms with E-state index >= 15 is 0 Å². The number of carboxylic acid groups (broad SMARTS) is 1. The Balaban J connectivity index is 2.20. The van der Waals surface area contributed by atoms with Crippen LogP contribution in [0.4, 0.5) is 5.69 Å². The molecule has 0 aliphatic heterocycles. The lowest BCUT2D eigenvalue weighted by atomic mass is 10.1. The fourth-order valence-corrected chi connectivity index (χ4v) is 2.51. The molecule has 0 aliphatic rings. The molecule has 0 fully saturated rings. The minimum absolute atomic E-state index is 0.388. The van der Waals surface area contributed by atoms with E-state index in [1.54, 1.807) is 42.6 Å². The number of carbonyl (C=O) groups is 2. The molecule has 20 heavy (non-hydrogen) atoms. The highest BCUT2D eigenvalue weighted by Gasteiger charge is 2.23. The number of nitrogens with one attached hydrogen (secondary N) is 1. The number of aryl methyl sites for hydroxylation is 1. The third-order valence-electron chi connectivity index (χ3n) is 2.88. The van der Waals surface area contributed by atoms with Gasteiger partial charge in [-0.1, -0.05) is 6.07 Å². The van der Waals surface area contributed by atoms with Gasteiger partial charge in [-0.15, -0.1) is 11.3 Å². The highest BCUT2D eigenvalue weighted by atomic mass is 32.1. The van der Waals surface area contributed by atoms with Crippen molar-refractivity contribution in [2.75, 3.05) is 5.73 Å². The monoisotopic (exact) mass is 290 g/mol. The maximum absolute atomic E-state index is 12.1. The van der Waals surface area contributed by atoms with Gasteiger partial charge in [0.15, 0.2) is 6.04 Å². The number of hydrogen-bond acceptors (Lipinski definition) is 4. The lowest BCUT2D eigenvalue weighted by Crippen LogP contribution is -2.33. The Hall–Kier alpha value is -2.34. The number of thiophene rings is 1. The van der Waals surface area contributed by atoms with Gasteiger partial charge in [0.2, 0.25) is 0 Å². The van der Waals surface area contributed by atoms with E-state index < -0.39 is 17.9 Å². The summed E-state index contributed by atoms with van der Waals surface area (Å²) in [4.78, 5) is 23.9. The third kappa shape index (κ3) is 2.97. The molecule has 2 rings (SSSR count). The maximum atomic E-state index is 12.1. The lowest BCUT2D eigenvalue weighted by Gasteiger charge is -2.13. The molecule has 4 N–H and O–H groups in total. The topological polar surface area (TPSA) is 92.4 Å². The van der Waals surface area contributed by atoms with Crippen LogP contribution in [0.15, 0.2) is 35.7 Å². The van der Waals surface area contributed by atoms with E-state index in [4.69, 9.17) is 5.73 Å². The predicted octanol–water partition coefficient (Wildman–Crippen LogP) is 2.19. The largest absolute Gasteiger partial charge is 0.479 e. The molecule has 6 heteroatoms. The Bertz CT molecular complexity index is 638. The van der Waals surface area contributed by atoms with E-state index in [0.717, 1.165) is 5.56 Å². The number of rotatable bonds is 4. The van der Waals surface area contributed by atoms with E-state index in [0.29, 0.717) is 16.1 Å². The van der Waals surface area contributed by atoms with E-state index in [9.17, 15) is 14.7 Å². The van der Waals surface area contributed by atoms with Crippen LogP contribution in [0.5, 0.6) is 0 Å². The Morgan fingerprint density at radius 3 is 2.65 bits per heavy atom. The molecular weight excluding hydrogens is 276 g/mol. The summed E-state index contributed by atoms with van der Waals surface area (Å²) in [7, 11) is 0. The number of benzene rings is 1. The third-order valence-corrected chi connectivity index (χ3v) is 3.82. The molecule has 1 amide bonds. The molecule has 1 atom stereocenters. The fourth-order valence-electron chi connectivity index (χ4n) is 1.74. The van der Waals surface area contributed by atoms with Crippen LogP contribution in [0.3, 0.4) is 0 Å². The first-order valence-corrected chi connectivity index (χ1v) is 6.80. The van der Waals surface area contributed by atoms with Crippen molar-refractivity contribution in [3.63, 3.8) is 0 Å². The molecule has 0 aliphatic carbocycles. The Morgan fingerprint density at radius 2 is 2.10 bits per heavy atom. The second-order valence-electron chi connectivity index (χ2n) is 4.33. The van der Waals surface area contributed by atoms with Crippen molar-refractivity contribution in [1.82, 2.24) is 5.32 Å². The highest BCUT2D eigenvalue weighted by molar-refractivity contribution is 7.10. The van der Waals surface area contributed by atoms with Gasteiger partial charge in [-0.3, -0.25) is 4.79 Å². The van der Waals surface area contributed by atoms with Crippen LogP contribution in [0, 0.1) is 6.92 Å². The second-order valence-corrected chi connectivity index (χ2v) is 5.31. The zero-order chi connectivity index (χ0) is 14.7. The van der Waals surface area contributed by atoms with Crippen molar-refractivity contribution in [2.24, 2.45) is 0 Å². The number of carboxylic acids is 1. The van der Waals surface area contributed by atoms with Crippen LogP contribution in [-0.4, -0.2) is 17.0 Å². The summed E-state index contributed by atoms with van der Waals surface area (Å²) in [6, 6.07) is 7.22. The molecule has 2 aromatic rings. The predicted molar refractivity (Wildman–Crippen MR) is 77.8 cm³/mol. The quantitative estimate of drug-likeness (QED) is 0.753. The summed E-state index contributed by atoms with van der Waals surface area (Å²) in [6.45, 7) is 1.79. The number of aliphatic carboxylic acids is 1. The Morgan fingerprint density at radius 1 is 1.35 bits per heavy atom. The SMILES string of the molecule is Cc1cc(C(=O)NC(C(=O)O)c2cccs2)ccc1N. The summed E-state index contributed by atoms with van der Waals surface area (Å²) in [5.74, 6) is -1.53. The van der Waals surface area contributed by atoms with Crippen LogP contribution >= 0.6 is 11.3 Å². The van der Waals surface area contributed by atoms with Crippen molar-refractivity contribution >= 4 is 28.9 Å². The summed E-state index contributed by atoms with van der Waals surface area (Å²) in [5, 5.41) is 13.5. The molecule has 1 unspecified atom stereocenters. The Labute approximate surface area is 120 Å². The van der Waals surface area contributed by atoms with Crippen LogP contribution in [-0.2, 0) is 4.79 Å². The van der Waals surface area contributed by atoms with E-state index in [-0.39, 0.29) is 0 Å². The summed E-state index contributed by atoms with van der Waals surface area (Å²) >= 11 is 1.29. The van der Waals surface area contributed by atoms with Crippen LogP contribution in [0.1, 0.15) is 26.8 Å². The molecule has 0 radical (unpaired) electrons. The first-order chi connectivity index (χ1) is 9.49. The van der Waals surface area contributed by atoms with Gasteiger partial charge in [-0.05, 0) is 42.1 Å². The molecule has 0 spiro atoms. The Kier molecular flexibility index (Phi) is 4.05. The average molecular weight is 290 g/mol. The van der Waals surface area contributed by atoms with Gasteiger partial charge in [0, 0.05) is 16.1 Å². The first-order valence-electron chi connectivity index (χ1n) is 5.92. The molecule has 5 nitrogen and oxygen atoms in total. The van der Waals surface area contributed by atoms with E-state index in [2.05, 4.69) is 5.32 Å². The number of carbonyl (C=O) groups excluding carboxylic acids is 1. The number of amides is 1. The van der Waals surface area contributed by atoms with Crippen molar-refractivity contribution in [2.45, 2.75) is 13.0 Å². The molecule has 0 saturated heterocycles. The number of nitrogens with two attached hydrogens (primary N) is 1. The van der Waals surface area contributed by atoms with Gasteiger partial charge in [0.1, 0.15) is 0 Å². The van der Waals surface area contributed by atoms with Gasteiger partial charge in [0.05, 0.1) is 0 Å². The zero-order valence-electron chi connectivity index (χ0n) is 10.8. The van der Waals surface area contributed by atoms with Crippen molar-refractivity contribution < 1.29 is 14.7 Å². The van der Waals surface area contributed by atoms with Gasteiger partial charge in [0.25, 0.3) is 5.91 Å². The minimum atomic E-state index is -1.09. The summed E-state index contributed by atoms with van der Waals surface area (Å²) < 4.78 is 0. The van der Waals surface area contributed by atoms with Crippen LogP contribution in [0.25, 0.3) is 0 Å². The molecule has 1 aromatic carbocycles. The lowest BCUT2D eigenvalue weighted by molar-refractivity contribution is -0.139. The van der Waals surface area contributed by atoms with Gasteiger partial charge >= 0.3 is 5.97 Å². The molecule has 1 aromatic heterocycles. The number of nitrogen functional groups attached to an aromatic ring is 1.